The number of hydrogen-bond donors (Lipinski definition) is 1. The van der Waals surface area contributed by atoms with Crippen LogP contribution in [0.1, 0.15) is 27.0 Å². The standard InChI is InChI=1S/C22H19ClN2O2/c1-16-6-8-18(9-7-16)15-27-19-12-10-17(11-13-19)14-24-25-22(26)20-4-2-3-5-21(20)23/h2-14H,15H2,1H3,(H,25,26)/b24-14+. The van der Waals surface area contributed by atoms with E-state index in [-0.39, 0.29) is 5.91 Å². The Morgan fingerprint density at radius 3 is 2.44 bits per heavy atom. The largest absolute Gasteiger partial charge is 0.489 e. The van der Waals surface area contributed by atoms with Crippen LogP contribution in [0.4, 0.5) is 0 Å². The van der Waals surface area contributed by atoms with Crippen molar-refractivity contribution in [2.24, 2.45) is 5.10 Å². The molecule has 0 spiro atoms. The van der Waals surface area contributed by atoms with Gasteiger partial charge in [-0.05, 0) is 54.4 Å². The first-order chi connectivity index (χ1) is 13.1. The smallest absolute Gasteiger partial charge is 0.272 e. The zero-order valence-corrected chi connectivity index (χ0v) is 15.6. The first kappa shape index (κ1) is 18.7. The van der Waals surface area contributed by atoms with E-state index in [1.807, 2.05) is 24.3 Å². The highest BCUT2D eigenvalue weighted by atomic mass is 35.5. The first-order valence-corrected chi connectivity index (χ1v) is 8.86. The number of hydrogen-bond acceptors (Lipinski definition) is 3. The van der Waals surface area contributed by atoms with E-state index >= 15 is 0 Å². The van der Waals surface area contributed by atoms with Crippen LogP contribution in [0, 0.1) is 6.92 Å². The van der Waals surface area contributed by atoms with Gasteiger partial charge in [-0.15, -0.1) is 0 Å². The maximum atomic E-state index is 12.0. The van der Waals surface area contributed by atoms with Gasteiger partial charge in [0.25, 0.3) is 5.91 Å². The molecule has 0 radical (unpaired) electrons. The van der Waals surface area contributed by atoms with Crippen LogP contribution in [0.15, 0.2) is 77.9 Å². The van der Waals surface area contributed by atoms with Gasteiger partial charge in [0.1, 0.15) is 12.4 Å². The summed E-state index contributed by atoms with van der Waals surface area (Å²) in [6.07, 6.45) is 1.57. The zero-order valence-electron chi connectivity index (χ0n) is 14.9. The van der Waals surface area contributed by atoms with Gasteiger partial charge in [-0.3, -0.25) is 4.79 Å². The van der Waals surface area contributed by atoms with Crippen LogP contribution in [0.2, 0.25) is 5.02 Å². The normalized spacial score (nSPS) is 10.7. The average molecular weight is 379 g/mol. The molecular weight excluding hydrogens is 360 g/mol. The van der Waals surface area contributed by atoms with E-state index in [9.17, 15) is 4.79 Å². The molecule has 1 amide bonds. The van der Waals surface area contributed by atoms with E-state index in [0.29, 0.717) is 17.2 Å². The Bertz CT molecular complexity index is 935. The third-order valence-electron chi connectivity index (χ3n) is 3.90. The predicted molar refractivity (Wildman–Crippen MR) is 108 cm³/mol. The maximum Gasteiger partial charge on any atom is 0.272 e. The van der Waals surface area contributed by atoms with Crippen molar-refractivity contribution >= 4 is 23.7 Å². The van der Waals surface area contributed by atoms with Gasteiger partial charge >= 0.3 is 0 Å². The Morgan fingerprint density at radius 1 is 1.04 bits per heavy atom. The molecule has 0 fully saturated rings. The van der Waals surface area contributed by atoms with Crippen LogP contribution in [0.25, 0.3) is 0 Å². The highest BCUT2D eigenvalue weighted by Gasteiger charge is 2.07. The average Bonchev–Trinajstić information content (AvgIpc) is 2.69. The summed E-state index contributed by atoms with van der Waals surface area (Å²) in [6, 6.07) is 22.5. The number of carbonyl (C=O) groups excluding carboxylic acids is 1. The van der Waals surface area contributed by atoms with Crippen molar-refractivity contribution in [3.8, 4) is 5.75 Å². The lowest BCUT2D eigenvalue weighted by atomic mass is 10.2. The number of aryl methyl sites for hydroxylation is 1. The molecular formula is C22H19ClN2O2. The summed E-state index contributed by atoms with van der Waals surface area (Å²) in [6.45, 7) is 2.57. The Labute approximate surface area is 163 Å². The third kappa shape index (κ3) is 5.43. The van der Waals surface area contributed by atoms with Crippen molar-refractivity contribution in [3.63, 3.8) is 0 Å². The van der Waals surface area contributed by atoms with E-state index in [1.165, 1.54) is 5.56 Å². The van der Waals surface area contributed by atoms with Gasteiger partial charge < -0.3 is 4.74 Å². The van der Waals surface area contributed by atoms with Gasteiger partial charge in [0, 0.05) is 0 Å². The number of hydrazone groups is 1. The number of benzene rings is 3. The van der Waals surface area contributed by atoms with Gasteiger partial charge in [-0.1, -0.05) is 53.6 Å². The van der Waals surface area contributed by atoms with Crippen LogP contribution in [0.5, 0.6) is 5.75 Å². The van der Waals surface area contributed by atoms with Crippen molar-refractivity contribution in [1.82, 2.24) is 5.43 Å². The van der Waals surface area contributed by atoms with E-state index < -0.39 is 0 Å². The number of halogens is 1. The van der Waals surface area contributed by atoms with Crippen LogP contribution >= 0.6 is 11.6 Å². The summed E-state index contributed by atoms with van der Waals surface area (Å²) in [4.78, 5) is 12.0. The lowest BCUT2D eigenvalue weighted by molar-refractivity contribution is 0.0955. The molecule has 0 aliphatic heterocycles. The van der Waals surface area contributed by atoms with Gasteiger partial charge in [-0.2, -0.15) is 5.10 Å². The highest BCUT2D eigenvalue weighted by Crippen LogP contribution is 2.15. The lowest BCUT2D eigenvalue weighted by Gasteiger charge is -2.07. The number of ether oxygens (including phenoxy) is 1. The number of nitrogens with zero attached hydrogens (tertiary/aromatic N) is 1. The molecule has 0 saturated heterocycles. The molecule has 0 aliphatic carbocycles. The molecule has 4 nitrogen and oxygen atoms in total. The SMILES string of the molecule is Cc1ccc(COc2ccc(/C=N/NC(=O)c3ccccc3Cl)cc2)cc1. The van der Waals surface area contributed by atoms with E-state index in [4.69, 9.17) is 16.3 Å². The van der Waals surface area contributed by atoms with E-state index in [1.54, 1.807) is 30.5 Å². The zero-order chi connectivity index (χ0) is 19.1. The van der Waals surface area contributed by atoms with E-state index in [0.717, 1.165) is 16.9 Å². The van der Waals surface area contributed by atoms with Crippen molar-refractivity contribution in [2.45, 2.75) is 13.5 Å². The fourth-order valence-corrected chi connectivity index (χ4v) is 2.59. The van der Waals surface area contributed by atoms with Crippen molar-refractivity contribution < 1.29 is 9.53 Å². The predicted octanol–water partition coefficient (Wildman–Crippen LogP) is 4.99. The summed E-state index contributed by atoms with van der Waals surface area (Å²) >= 11 is 5.99. The molecule has 0 unspecified atom stereocenters. The molecule has 0 aromatic heterocycles. The van der Waals surface area contributed by atoms with Gasteiger partial charge in [0.05, 0.1) is 16.8 Å². The van der Waals surface area contributed by atoms with Crippen molar-refractivity contribution in [1.29, 1.82) is 0 Å². The summed E-state index contributed by atoms with van der Waals surface area (Å²) in [7, 11) is 0. The number of rotatable bonds is 6. The second-order valence-electron chi connectivity index (χ2n) is 6.02. The molecule has 5 heteroatoms. The van der Waals surface area contributed by atoms with Crippen LogP contribution in [0.3, 0.4) is 0 Å². The van der Waals surface area contributed by atoms with Crippen molar-refractivity contribution in [2.75, 3.05) is 0 Å². The van der Waals surface area contributed by atoms with Gasteiger partial charge in [-0.25, -0.2) is 5.43 Å². The maximum absolute atomic E-state index is 12.0. The first-order valence-electron chi connectivity index (χ1n) is 8.48. The van der Waals surface area contributed by atoms with Crippen LogP contribution in [-0.2, 0) is 6.61 Å². The molecule has 27 heavy (non-hydrogen) atoms. The van der Waals surface area contributed by atoms with Gasteiger partial charge in [0.15, 0.2) is 0 Å². The number of amides is 1. The second-order valence-corrected chi connectivity index (χ2v) is 6.43. The minimum Gasteiger partial charge on any atom is -0.489 e. The molecule has 136 valence electrons. The second kappa shape index (κ2) is 9.01. The molecule has 0 atom stereocenters. The van der Waals surface area contributed by atoms with Gasteiger partial charge in [0.2, 0.25) is 0 Å². The highest BCUT2D eigenvalue weighted by molar-refractivity contribution is 6.33. The third-order valence-corrected chi connectivity index (χ3v) is 4.23. The van der Waals surface area contributed by atoms with Crippen molar-refractivity contribution in [3.05, 3.63) is 100 Å². The Morgan fingerprint density at radius 2 is 1.74 bits per heavy atom. The minimum absolute atomic E-state index is 0.352. The molecule has 3 aromatic rings. The molecule has 0 aliphatic rings. The number of nitrogens with one attached hydrogen (secondary N) is 1. The van der Waals surface area contributed by atoms with Crippen LogP contribution < -0.4 is 10.2 Å². The minimum atomic E-state index is -0.352. The molecule has 0 heterocycles. The monoisotopic (exact) mass is 378 g/mol. The topological polar surface area (TPSA) is 50.7 Å². The van der Waals surface area contributed by atoms with Crippen LogP contribution in [-0.4, -0.2) is 12.1 Å². The Balaban J connectivity index is 1.52. The lowest BCUT2D eigenvalue weighted by Crippen LogP contribution is -2.17. The summed E-state index contributed by atoms with van der Waals surface area (Å²) < 4.78 is 5.77. The quantitative estimate of drug-likeness (QED) is 0.485. The Hall–Kier alpha value is -3.11. The molecule has 0 bridgehead atoms. The summed E-state index contributed by atoms with van der Waals surface area (Å²) in [5.74, 6) is 0.419. The summed E-state index contributed by atoms with van der Waals surface area (Å²) in [5.41, 5.74) is 6.04. The number of carbonyl (C=O) groups is 1. The fourth-order valence-electron chi connectivity index (χ4n) is 2.37. The van der Waals surface area contributed by atoms with E-state index in [2.05, 4.69) is 41.7 Å². The summed E-state index contributed by atoms with van der Waals surface area (Å²) in [5, 5.41) is 4.36. The fraction of sp³-hybridized carbons (Fsp3) is 0.0909. The molecule has 0 saturated carbocycles. The molecule has 3 aromatic carbocycles. The molecule has 1 N–H and O–H groups in total. The Kier molecular flexibility index (Phi) is 6.23. The molecule has 3 rings (SSSR count).